The second kappa shape index (κ2) is 3.94. The van der Waals surface area contributed by atoms with Crippen molar-refractivity contribution in [3.05, 3.63) is 18.2 Å². The minimum absolute atomic E-state index is 0.923. The molecule has 2 aliphatic heterocycles. The lowest BCUT2D eigenvalue weighted by Gasteiger charge is -2.32. The van der Waals surface area contributed by atoms with Gasteiger partial charge in [0.15, 0.2) is 0 Å². The van der Waals surface area contributed by atoms with Crippen molar-refractivity contribution >= 4 is 0 Å². The quantitative estimate of drug-likeness (QED) is 0.772. The maximum atomic E-state index is 4.38. The van der Waals surface area contributed by atoms with Crippen LogP contribution in [0.25, 0.3) is 0 Å². The van der Waals surface area contributed by atoms with E-state index in [0.29, 0.717) is 0 Å². The molecule has 3 rings (SSSR count). The molecular formula is C11H18N4. The molecule has 15 heavy (non-hydrogen) atoms. The zero-order chi connectivity index (χ0) is 10.1. The molecule has 0 spiro atoms. The highest BCUT2D eigenvalue weighted by Crippen LogP contribution is 2.14. The van der Waals surface area contributed by atoms with E-state index >= 15 is 0 Å². The first-order chi connectivity index (χ1) is 7.42. The molecule has 0 atom stereocenters. The van der Waals surface area contributed by atoms with Crippen molar-refractivity contribution in [1.82, 2.24) is 19.8 Å². The molecular weight excluding hydrogens is 188 g/mol. The van der Waals surface area contributed by atoms with Gasteiger partial charge in [-0.05, 0) is 32.0 Å². The van der Waals surface area contributed by atoms with Crippen LogP contribution < -0.4 is 5.32 Å². The number of nitrogens with zero attached hydrogens (tertiary/aromatic N) is 3. The summed E-state index contributed by atoms with van der Waals surface area (Å²) in [5.74, 6) is 2.15. The fraction of sp³-hybridized carbons (Fsp3) is 0.727. The van der Waals surface area contributed by atoms with Gasteiger partial charge in [0.25, 0.3) is 0 Å². The molecule has 0 aromatic carbocycles. The summed E-state index contributed by atoms with van der Waals surface area (Å²) in [6.45, 7) is 7.01. The minimum atomic E-state index is 0.923. The van der Waals surface area contributed by atoms with Gasteiger partial charge in [0, 0.05) is 25.5 Å². The Bertz CT molecular complexity index is 329. The number of fused-ring (bicyclic) bond motifs is 1. The molecule has 1 aromatic heterocycles. The predicted octanol–water partition coefficient (Wildman–Crippen LogP) is 0.308. The second-order valence-electron chi connectivity index (χ2n) is 4.63. The normalized spacial score (nSPS) is 22.4. The van der Waals surface area contributed by atoms with E-state index in [0.717, 1.165) is 19.0 Å². The Morgan fingerprint density at radius 3 is 3.13 bits per heavy atom. The molecule has 0 aliphatic carbocycles. The smallest absolute Gasteiger partial charge is 0.122 e. The van der Waals surface area contributed by atoms with Crippen LogP contribution in [0.5, 0.6) is 0 Å². The van der Waals surface area contributed by atoms with Gasteiger partial charge >= 0.3 is 0 Å². The lowest BCUT2D eigenvalue weighted by atomic mass is 9.99. The van der Waals surface area contributed by atoms with Gasteiger partial charge < -0.3 is 9.88 Å². The monoisotopic (exact) mass is 206 g/mol. The van der Waals surface area contributed by atoms with E-state index < -0.39 is 0 Å². The minimum Gasteiger partial charge on any atom is -0.333 e. The molecule has 82 valence electrons. The van der Waals surface area contributed by atoms with Crippen LogP contribution in [0.15, 0.2) is 12.4 Å². The first-order valence-electron chi connectivity index (χ1n) is 5.85. The molecule has 0 amide bonds. The van der Waals surface area contributed by atoms with E-state index in [4.69, 9.17) is 0 Å². The van der Waals surface area contributed by atoms with Crippen LogP contribution in [0.2, 0.25) is 0 Å². The fourth-order valence-electron chi connectivity index (χ4n) is 2.33. The summed E-state index contributed by atoms with van der Waals surface area (Å²) < 4.78 is 2.27. The lowest BCUT2D eigenvalue weighted by molar-refractivity contribution is 0.188. The van der Waals surface area contributed by atoms with E-state index in [-0.39, 0.29) is 0 Å². The molecule has 0 bridgehead atoms. The Kier molecular flexibility index (Phi) is 2.46. The van der Waals surface area contributed by atoms with Gasteiger partial charge in [-0.3, -0.25) is 4.90 Å². The summed E-state index contributed by atoms with van der Waals surface area (Å²) in [7, 11) is 0. The van der Waals surface area contributed by atoms with Gasteiger partial charge in [-0.15, -0.1) is 0 Å². The summed E-state index contributed by atoms with van der Waals surface area (Å²) in [6.07, 6.45) is 5.34. The highest BCUT2D eigenvalue weighted by Gasteiger charge is 2.20. The second-order valence-corrected chi connectivity index (χ2v) is 4.63. The third-order valence-corrected chi connectivity index (χ3v) is 3.54. The molecule has 1 aromatic rings. The van der Waals surface area contributed by atoms with Crippen molar-refractivity contribution in [3.8, 4) is 0 Å². The molecule has 4 heteroatoms. The topological polar surface area (TPSA) is 33.1 Å². The molecule has 2 aliphatic rings. The molecule has 1 fully saturated rings. The maximum absolute atomic E-state index is 4.38. The lowest BCUT2D eigenvalue weighted by Crippen LogP contribution is -2.44. The number of aromatic nitrogens is 2. The summed E-state index contributed by atoms with van der Waals surface area (Å²) in [6, 6.07) is 0. The van der Waals surface area contributed by atoms with Gasteiger partial charge in [-0.2, -0.15) is 0 Å². The maximum Gasteiger partial charge on any atom is 0.122 e. The van der Waals surface area contributed by atoms with Crippen molar-refractivity contribution in [3.63, 3.8) is 0 Å². The molecule has 0 unspecified atom stereocenters. The van der Waals surface area contributed by atoms with Crippen LogP contribution >= 0.6 is 0 Å². The highest BCUT2D eigenvalue weighted by atomic mass is 15.2. The van der Waals surface area contributed by atoms with Crippen LogP contribution in [-0.2, 0) is 13.1 Å². The van der Waals surface area contributed by atoms with Crippen molar-refractivity contribution in [2.24, 2.45) is 5.92 Å². The van der Waals surface area contributed by atoms with Crippen molar-refractivity contribution in [2.45, 2.75) is 19.5 Å². The largest absolute Gasteiger partial charge is 0.333 e. The number of hydrogen-bond donors (Lipinski definition) is 1. The van der Waals surface area contributed by atoms with Crippen LogP contribution in [0.3, 0.4) is 0 Å². The molecule has 0 radical (unpaired) electrons. The van der Waals surface area contributed by atoms with Crippen LogP contribution in [0, 0.1) is 5.92 Å². The van der Waals surface area contributed by atoms with Gasteiger partial charge in [-0.25, -0.2) is 4.98 Å². The van der Waals surface area contributed by atoms with E-state index in [1.165, 1.54) is 38.4 Å². The van der Waals surface area contributed by atoms with Crippen molar-refractivity contribution < 1.29 is 0 Å². The Balaban J connectivity index is 1.52. The van der Waals surface area contributed by atoms with E-state index in [9.17, 15) is 0 Å². The van der Waals surface area contributed by atoms with E-state index in [2.05, 4.69) is 26.0 Å². The van der Waals surface area contributed by atoms with Crippen molar-refractivity contribution in [2.75, 3.05) is 26.2 Å². The average molecular weight is 206 g/mol. The first-order valence-corrected chi connectivity index (χ1v) is 5.85. The fourth-order valence-corrected chi connectivity index (χ4v) is 2.33. The number of hydrogen-bond acceptors (Lipinski definition) is 3. The van der Waals surface area contributed by atoms with Gasteiger partial charge in [0.1, 0.15) is 5.82 Å². The first kappa shape index (κ1) is 9.36. The number of nitrogens with one attached hydrogen (secondary N) is 1. The Labute approximate surface area is 90.3 Å². The molecule has 1 N–H and O–H groups in total. The summed E-state index contributed by atoms with van der Waals surface area (Å²) in [5, 5.41) is 3.33. The number of imidazole rings is 1. The zero-order valence-electron chi connectivity index (χ0n) is 9.02. The molecule has 1 saturated heterocycles. The SMILES string of the molecule is c1cn2c(n1)CN(CCC1CNC1)CC2. The van der Waals surface area contributed by atoms with Gasteiger partial charge in [-0.1, -0.05) is 0 Å². The van der Waals surface area contributed by atoms with Gasteiger partial charge in [0.2, 0.25) is 0 Å². The highest BCUT2D eigenvalue weighted by molar-refractivity contribution is 4.95. The standard InChI is InChI=1S/C11H18N4/c1(10-7-12-8-10)3-14-5-6-15-4-2-13-11(15)9-14/h2,4,10,12H,1,3,5-9H2. The Morgan fingerprint density at radius 1 is 1.40 bits per heavy atom. The average Bonchev–Trinajstić information content (AvgIpc) is 2.62. The third-order valence-electron chi connectivity index (χ3n) is 3.54. The Morgan fingerprint density at radius 2 is 2.33 bits per heavy atom. The van der Waals surface area contributed by atoms with Crippen LogP contribution in [-0.4, -0.2) is 40.6 Å². The molecule has 4 nitrogen and oxygen atoms in total. The number of rotatable bonds is 3. The van der Waals surface area contributed by atoms with Crippen LogP contribution in [0.1, 0.15) is 12.2 Å². The van der Waals surface area contributed by atoms with E-state index in [1.54, 1.807) is 0 Å². The van der Waals surface area contributed by atoms with Crippen LogP contribution in [0.4, 0.5) is 0 Å². The third kappa shape index (κ3) is 1.92. The molecule has 3 heterocycles. The van der Waals surface area contributed by atoms with E-state index in [1.807, 2.05) is 6.20 Å². The summed E-state index contributed by atoms with van der Waals surface area (Å²) in [4.78, 5) is 6.91. The predicted molar refractivity (Wildman–Crippen MR) is 58.5 cm³/mol. The summed E-state index contributed by atoms with van der Waals surface area (Å²) >= 11 is 0. The summed E-state index contributed by atoms with van der Waals surface area (Å²) in [5.41, 5.74) is 0. The zero-order valence-corrected chi connectivity index (χ0v) is 9.02. The van der Waals surface area contributed by atoms with Crippen molar-refractivity contribution in [1.29, 1.82) is 0 Å². The Hall–Kier alpha value is -0.870. The molecule has 0 saturated carbocycles. The van der Waals surface area contributed by atoms with Gasteiger partial charge in [0.05, 0.1) is 6.54 Å².